The van der Waals surface area contributed by atoms with Crippen LogP contribution in [0.15, 0.2) is 36.4 Å². The molecular weight excluding hydrogens is 466 g/mol. The zero-order chi connectivity index (χ0) is 23.3. The van der Waals surface area contributed by atoms with E-state index in [1.165, 1.54) is 0 Å². The van der Waals surface area contributed by atoms with Crippen molar-refractivity contribution in [3.63, 3.8) is 0 Å². The molecule has 0 atom stereocenters. The number of amides is 1. The Hall–Kier alpha value is -2.28. The van der Waals surface area contributed by atoms with Crippen molar-refractivity contribution >= 4 is 22.6 Å². The van der Waals surface area contributed by atoms with Gasteiger partial charge in [0.2, 0.25) is 0 Å². The average Bonchev–Trinajstić information content (AvgIpc) is 3.57. The van der Waals surface area contributed by atoms with E-state index in [0.29, 0.717) is 31.6 Å². The smallest absolute Gasteiger partial charge is 0.466 e. The van der Waals surface area contributed by atoms with Gasteiger partial charge in [-0.15, -0.1) is 0 Å². The van der Waals surface area contributed by atoms with Crippen molar-refractivity contribution in [2.45, 2.75) is 19.8 Å². The van der Waals surface area contributed by atoms with Crippen LogP contribution in [0.4, 0.5) is 0 Å². The third-order valence-corrected chi connectivity index (χ3v) is 4.82. The molecule has 2 aromatic carbocycles. The van der Waals surface area contributed by atoms with E-state index >= 15 is 0 Å². The molecule has 0 bridgehead atoms. The van der Waals surface area contributed by atoms with E-state index in [1.807, 2.05) is 88.1 Å². The van der Waals surface area contributed by atoms with E-state index in [0.717, 1.165) is 22.3 Å². The van der Waals surface area contributed by atoms with E-state index in [4.69, 9.17) is 4.74 Å². The fourth-order valence-electron chi connectivity index (χ4n) is 3.16. The van der Waals surface area contributed by atoms with Crippen LogP contribution >= 0.6 is 0 Å². The number of hydrogen-bond donors (Lipinski definition) is 1. The fraction of sp³-hybridized carbons (Fsp3) is 0.172. The first-order valence-corrected chi connectivity index (χ1v) is 11.0. The van der Waals surface area contributed by atoms with Crippen LogP contribution in [0.2, 0.25) is 0 Å². The maximum absolute atomic E-state index is 12.3. The second-order valence-corrected chi connectivity index (χ2v) is 7.33. The molecule has 2 aromatic rings. The van der Waals surface area contributed by atoms with E-state index in [2.05, 4.69) is 17.2 Å². The van der Waals surface area contributed by atoms with Crippen molar-refractivity contribution in [1.29, 1.82) is 0 Å². The third-order valence-electron chi connectivity index (χ3n) is 4.82. The van der Waals surface area contributed by atoms with E-state index < -0.39 is 0 Å². The summed E-state index contributed by atoms with van der Waals surface area (Å²) in [6, 6.07) is 11.5. The first-order valence-electron chi connectivity index (χ1n) is 11.0. The SMILES string of the molecule is CCOC(=O)CCCNC(=O)c1ccc2cc(C#C[C]3[CH][CH][CH][CH]3)ccc2c1.[CH]1[CH][CH][CH][CH]1.[Fe+2]. The van der Waals surface area contributed by atoms with Gasteiger partial charge in [-0.1, -0.05) is 24.0 Å². The van der Waals surface area contributed by atoms with Crippen LogP contribution in [0, 0.1) is 75.5 Å². The number of benzene rings is 2. The van der Waals surface area contributed by atoms with Crippen LogP contribution in [0.25, 0.3) is 10.8 Å². The predicted octanol–water partition coefficient (Wildman–Crippen LogP) is 4.69. The molecule has 0 spiro atoms. The monoisotopic (exact) mass is 493 g/mol. The van der Waals surface area contributed by atoms with Crippen LogP contribution in [0.5, 0.6) is 0 Å². The van der Waals surface area contributed by atoms with Gasteiger partial charge >= 0.3 is 23.0 Å². The average molecular weight is 493 g/mol. The number of rotatable bonds is 6. The Labute approximate surface area is 215 Å². The van der Waals surface area contributed by atoms with Gasteiger partial charge in [-0.25, -0.2) is 0 Å². The van der Waals surface area contributed by atoms with Crippen molar-refractivity contribution < 1.29 is 31.4 Å². The number of hydrogen-bond acceptors (Lipinski definition) is 3. The second-order valence-electron chi connectivity index (χ2n) is 7.33. The van der Waals surface area contributed by atoms with E-state index in [1.54, 1.807) is 13.0 Å². The maximum Gasteiger partial charge on any atom is 2.00 e. The molecule has 1 amide bonds. The Kier molecular flexibility index (Phi) is 12.8. The summed E-state index contributed by atoms with van der Waals surface area (Å²) in [6.45, 7) is 2.59. The summed E-state index contributed by atoms with van der Waals surface area (Å²) in [5, 5.41) is 4.86. The minimum atomic E-state index is -0.236. The Morgan fingerprint density at radius 3 is 2.18 bits per heavy atom. The summed E-state index contributed by atoms with van der Waals surface area (Å²) in [5.41, 5.74) is 1.53. The number of carbonyl (C=O) groups excluding carboxylic acids is 2. The Bertz CT molecular complexity index is 974. The predicted molar refractivity (Wildman–Crippen MR) is 131 cm³/mol. The molecule has 2 aliphatic rings. The quantitative estimate of drug-likeness (QED) is 0.275. The first kappa shape index (κ1) is 28.0. The molecule has 5 heteroatoms. The van der Waals surface area contributed by atoms with Gasteiger partial charge in [0.15, 0.2) is 0 Å². The zero-order valence-corrected chi connectivity index (χ0v) is 20.2. The van der Waals surface area contributed by atoms with Crippen molar-refractivity contribution in [2.24, 2.45) is 0 Å². The number of carbonyl (C=O) groups is 2. The number of ether oxygens (including phenoxy) is 1. The summed E-state index contributed by atoms with van der Waals surface area (Å²) in [7, 11) is 0. The molecule has 2 fully saturated rings. The zero-order valence-electron chi connectivity index (χ0n) is 19.1. The molecule has 4 rings (SSSR count). The number of nitrogens with one attached hydrogen (secondary N) is 1. The molecule has 0 heterocycles. The Morgan fingerprint density at radius 1 is 0.853 bits per heavy atom. The third kappa shape index (κ3) is 9.53. The largest absolute Gasteiger partial charge is 2.00 e. The molecule has 0 aliphatic heterocycles. The maximum atomic E-state index is 12.3. The molecule has 10 radical (unpaired) electrons. The molecular formula is C29H27FeNO3+2. The van der Waals surface area contributed by atoms with Crippen LogP contribution < -0.4 is 5.32 Å². The van der Waals surface area contributed by atoms with Gasteiger partial charge in [0.1, 0.15) is 0 Å². The second kappa shape index (κ2) is 15.6. The van der Waals surface area contributed by atoms with Gasteiger partial charge < -0.3 is 10.1 Å². The molecule has 172 valence electrons. The molecule has 2 aliphatic carbocycles. The number of esters is 1. The van der Waals surface area contributed by atoms with Crippen molar-refractivity contribution in [2.75, 3.05) is 13.2 Å². The van der Waals surface area contributed by atoms with Crippen LogP contribution in [-0.4, -0.2) is 25.0 Å². The standard InChI is InChI=1S/C24H22NO3.C5H5.Fe/c1-2-28-23(26)8-5-15-25-24(27)22-14-13-20-16-19(11-12-21(20)17-22)10-9-18-6-3-4-7-18;1-2-4-5-3-1;/h3-4,6-7,11-14,16-17H,2,5,8,15H2,1H3,(H,25,27);1-5H;/q;;+2. The minimum absolute atomic E-state index is 0. The minimum Gasteiger partial charge on any atom is -0.466 e. The van der Waals surface area contributed by atoms with E-state index in [-0.39, 0.29) is 28.9 Å². The molecule has 0 unspecified atom stereocenters. The normalized spacial score (nSPS) is 14.9. The Balaban J connectivity index is 0.000000603. The molecule has 34 heavy (non-hydrogen) atoms. The van der Waals surface area contributed by atoms with Gasteiger partial charge in [0.25, 0.3) is 5.91 Å². The topological polar surface area (TPSA) is 55.4 Å². The summed E-state index contributed by atoms with van der Waals surface area (Å²) in [5.74, 6) is 6.91. The number of fused-ring (bicyclic) bond motifs is 1. The van der Waals surface area contributed by atoms with Crippen molar-refractivity contribution in [1.82, 2.24) is 5.32 Å². The molecule has 1 N–H and O–H groups in total. The van der Waals surface area contributed by atoms with Gasteiger partial charge in [-0.2, -0.15) is 0 Å². The fourth-order valence-corrected chi connectivity index (χ4v) is 3.16. The molecule has 0 aromatic heterocycles. The Morgan fingerprint density at radius 2 is 1.50 bits per heavy atom. The van der Waals surface area contributed by atoms with E-state index in [9.17, 15) is 9.59 Å². The first-order chi connectivity index (χ1) is 16.2. The van der Waals surface area contributed by atoms with Crippen molar-refractivity contribution in [3.05, 3.63) is 111 Å². The summed E-state index contributed by atoms with van der Waals surface area (Å²) in [6.07, 6.45) is 18.8. The van der Waals surface area contributed by atoms with Crippen molar-refractivity contribution in [3.8, 4) is 11.8 Å². The molecule has 4 nitrogen and oxygen atoms in total. The summed E-state index contributed by atoms with van der Waals surface area (Å²) >= 11 is 0. The van der Waals surface area contributed by atoms with Gasteiger partial charge in [-0.3, -0.25) is 9.59 Å². The molecule has 0 saturated heterocycles. The summed E-state index contributed by atoms with van der Waals surface area (Å²) in [4.78, 5) is 23.6. The summed E-state index contributed by atoms with van der Waals surface area (Å²) < 4.78 is 4.87. The van der Waals surface area contributed by atoms with Gasteiger partial charge in [0.05, 0.1) is 12.5 Å². The molecule has 2 saturated carbocycles. The van der Waals surface area contributed by atoms with Crippen LogP contribution in [0.1, 0.15) is 35.7 Å². The van der Waals surface area contributed by atoms with Gasteiger partial charge in [0, 0.05) is 24.1 Å². The van der Waals surface area contributed by atoms with Crippen LogP contribution in [-0.2, 0) is 26.6 Å². The van der Waals surface area contributed by atoms with Gasteiger partial charge in [-0.05, 0) is 106 Å². The van der Waals surface area contributed by atoms with Crippen LogP contribution in [0.3, 0.4) is 0 Å².